The lowest BCUT2D eigenvalue weighted by Gasteiger charge is -2.10. The van der Waals surface area contributed by atoms with Gasteiger partial charge in [0.1, 0.15) is 11.2 Å². The van der Waals surface area contributed by atoms with Gasteiger partial charge in [-0.2, -0.15) is 0 Å². The van der Waals surface area contributed by atoms with E-state index in [1.165, 1.54) is 13.3 Å². The van der Waals surface area contributed by atoms with Crippen molar-refractivity contribution in [3.8, 4) is 0 Å². The standard InChI is InChI=1S/C13H14N4O3S/c1-10(18)17-13-12(8-14-9-15-13)21(19,20)16-7-11-5-3-2-4-6-11/h2-6,8-9,16H,7H2,1H3,(H,14,15,17,18). The van der Waals surface area contributed by atoms with Gasteiger partial charge in [-0.25, -0.2) is 23.1 Å². The van der Waals surface area contributed by atoms with Crippen molar-refractivity contribution in [1.29, 1.82) is 0 Å². The van der Waals surface area contributed by atoms with Crippen LogP contribution in [0.4, 0.5) is 5.82 Å². The van der Waals surface area contributed by atoms with Crippen LogP contribution in [-0.4, -0.2) is 24.3 Å². The highest BCUT2D eigenvalue weighted by molar-refractivity contribution is 7.89. The third-order valence-corrected chi connectivity index (χ3v) is 3.97. The number of hydrogen-bond donors (Lipinski definition) is 2. The number of aromatic nitrogens is 2. The lowest BCUT2D eigenvalue weighted by Crippen LogP contribution is -2.25. The predicted octanol–water partition coefficient (Wildman–Crippen LogP) is 0.913. The fourth-order valence-electron chi connectivity index (χ4n) is 1.63. The van der Waals surface area contributed by atoms with E-state index in [1.807, 2.05) is 18.2 Å². The van der Waals surface area contributed by atoms with E-state index < -0.39 is 15.9 Å². The summed E-state index contributed by atoms with van der Waals surface area (Å²) in [6.07, 6.45) is 2.31. The number of carbonyl (C=O) groups is 1. The van der Waals surface area contributed by atoms with Gasteiger partial charge in [-0.15, -0.1) is 0 Å². The Kier molecular flexibility index (Phi) is 4.61. The van der Waals surface area contributed by atoms with Gasteiger partial charge in [0.2, 0.25) is 15.9 Å². The molecule has 21 heavy (non-hydrogen) atoms. The summed E-state index contributed by atoms with van der Waals surface area (Å²) in [5.74, 6) is -0.453. The van der Waals surface area contributed by atoms with Gasteiger partial charge < -0.3 is 5.32 Å². The van der Waals surface area contributed by atoms with Crippen molar-refractivity contribution >= 4 is 21.7 Å². The van der Waals surface area contributed by atoms with Gasteiger partial charge in [-0.1, -0.05) is 30.3 Å². The van der Waals surface area contributed by atoms with E-state index >= 15 is 0 Å². The van der Waals surface area contributed by atoms with Crippen molar-refractivity contribution in [1.82, 2.24) is 14.7 Å². The number of sulfonamides is 1. The first kappa shape index (κ1) is 15.1. The molecule has 2 aromatic rings. The average molecular weight is 306 g/mol. The first-order chi connectivity index (χ1) is 9.99. The maximum absolute atomic E-state index is 12.3. The number of rotatable bonds is 5. The molecule has 0 saturated carbocycles. The fraction of sp³-hybridized carbons (Fsp3) is 0.154. The van der Waals surface area contributed by atoms with Crippen molar-refractivity contribution in [3.05, 3.63) is 48.4 Å². The van der Waals surface area contributed by atoms with Crippen molar-refractivity contribution in [3.63, 3.8) is 0 Å². The minimum Gasteiger partial charge on any atom is -0.310 e. The number of hydrogen-bond acceptors (Lipinski definition) is 5. The zero-order valence-electron chi connectivity index (χ0n) is 11.3. The summed E-state index contributed by atoms with van der Waals surface area (Å²) in [7, 11) is -3.82. The lowest BCUT2D eigenvalue weighted by molar-refractivity contribution is -0.114. The summed E-state index contributed by atoms with van der Waals surface area (Å²) in [6, 6.07) is 9.09. The Morgan fingerprint density at radius 1 is 1.24 bits per heavy atom. The SMILES string of the molecule is CC(=O)Nc1ncncc1S(=O)(=O)NCc1ccccc1. The fourth-order valence-corrected chi connectivity index (χ4v) is 2.70. The molecule has 0 spiro atoms. The lowest BCUT2D eigenvalue weighted by atomic mass is 10.2. The molecule has 0 aliphatic carbocycles. The molecule has 7 nitrogen and oxygen atoms in total. The Morgan fingerprint density at radius 2 is 1.95 bits per heavy atom. The predicted molar refractivity (Wildman–Crippen MR) is 76.8 cm³/mol. The van der Waals surface area contributed by atoms with Gasteiger partial charge in [0.15, 0.2) is 5.82 Å². The molecule has 0 radical (unpaired) electrons. The van der Waals surface area contributed by atoms with Crippen LogP contribution in [0.5, 0.6) is 0 Å². The number of benzene rings is 1. The summed E-state index contributed by atoms with van der Waals surface area (Å²) < 4.78 is 27.0. The summed E-state index contributed by atoms with van der Waals surface area (Å²) >= 11 is 0. The molecule has 2 N–H and O–H groups in total. The van der Waals surface area contributed by atoms with Gasteiger partial charge in [0.25, 0.3) is 0 Å². The van der Waals surface area contributed by atoms with E-state index in [-0.39, 0.29) is 17.3 Å². The van der Waals surface area contributed by atoms with Gasteiger partial charge in [-0.3, -0.25) is 4.79 Å². The molecule has 1 amide bonds. The summed E-state index contributed by atoms with van der Waals surface area (Å²) in [5.41, 5.74) is 0.819. The molecular weight excluding hydrogens is 292 g/mol. The molecule has 8 heteroatoms. The Hall–Kier alpha value is -2.32. The molecule has 0 aliphatic heterocycles. The van der Waals surface area contributed by atoms with Crippen LogP contribution in [0.25, 0.3) is 0 Å². The van der Waals surface area contributed by atoms with E-state index in [1.54, 1.807) is 12.1 Å². The Bertz CT molecular complexity index is 732. The van der Waals surface area contributed by atoms with Gasteiger partial charge >= 0.3 is 0 Å². The number of anilines is 1. The number of carbonyl (C=O) groups excluding carboxylic acids is 1. The highest BCUT2D eigenvalue weighted by atomic mass is 32.2. The molecule has 0 aliphatic rings. The minimum absolute atomic E-state index is 0.0435. The molecule has 110 valence electrons. The van der Waals surface area contributed by atoms with Crippen molar-refractivity contribution in [2.45, 2.75) is 18.4 Å². The maximum atomic E-state index is 12.3. The van der Waals surface area contributed by atoms with E-state index in [0.717, 1.165) is 11.8 Å². The van der Waals surface area contributed by atoms with E-state index in [4.69, 9.17) is 0 Å². The van der Waals surface area contributed by atoms with Crippen LogP contribution in [0.1, 0.15) is 12.5 Å². The minimum atomic E-state index is -3.82. The summed E-state index contributed by atoms with van der Waals surface area (Å²) in [4.78, 5) is 18.4. The number of amides is 1. The average Bonchev–Trinajstić information content (AvgIpc) is 2.46. The Morgan fingerprint density at radius 3 is 2.62 bits per heavy atom. The largest absolute Gasteiger partial charge is 0.310 e. The van der Waals surface area contributed by atoms with Crippen molar-refractivity contribution in [2.24, 2.45) is 0 Å². The van der Waals surface area contributed by atoms with Crippen LogP contribution in [0.3, 0.4) is 0 Å². The second kappa shape index (κ2) is 6.42. The molecule has 0 bridgehead atoms. The van der Waals surface area contributed by atoms with Crippen LogP contribution in [-0.2, 0) is 21.4 Å². The third-order valence-electron chi connectivity index (χ3n) is 2.57. The van der Waals surface area contributed by atoms with Crippen LogP contribution in [0, 0.1) is 0 Å². The zero-order chi connectivity index (χ0) is 15.3. The van der Waals surface area contributed by atoms with Gasteiger partial charge in [0, 0.05) is 13.5 Å². The maximum Gasteiger partial charge on any atom is 0.246 e. The number of nitrogens with one attached hydrogen (secondary N) is 2. The summed E-state index contributed by atoms with van der Waals surface area (Å²) in [6.45, 7) is 1.41. The molecule has 0 saturated heterocycles. The first-order valence-corrected chi connectivity index (χ1v) is 7.58. The molecule has 0 unspecified atom stereocenters. The Labute approximate surface area is 122 Å². The second-order valence-corrected chi connectivity index (χ2v) is 5.96. The van der Waals surface area contributed by atoms with E-state index in [2.05, 4.69) is 20.0 Å². The van der Waals surface area contributed by atoms with E-state index in [9.17, 15) is 13.2 Å². The quantitative estimate of drug-likeness (QED) is 0.855. The molecule has 2 rings (SSSR count). The van der Waals surface area contributed by atoms with Gasteiger partial charge in [0.05, 0.1) is 6.20 Å². The van der Waals surface area contributed by atoms with Crippen LogP contribution in [0.2, 0.25) is 0 Å². The smallest absolute Gasteiger partial charge is 0.246 e. The molecule has 1 aromatic heterocycles. The molecular formula is C13H14N4O3S. The van der Waals surface area contributed by atoms with Crippen molar-refractivity contribution in [2.75, 3.05) is 5.32 Å². The Balaban J connectivity index is 2.21. The highest BCUT2D eigenvalue weighted by Gasteiger charge is 2.20. The molecule has 0 fully saturated rings. The monoisotopic (exact) mass is 306 g/mol. The molecule has 1 aromatic carbocycles. The van der Waals surface area contributed by atoms with Crippen LogP contribution in [0.15, 0.2) is 47.8 Å². The van der Waals surface area contributed by atoms with Crippen LogP contribution < -0.4 is 10.0 Å². The van der Waals surface area contributed by atoms with Crippen LogP contribution >= 0.6 is 0 Å². The molecule has 1 heterocycles. The van der Waals surface area contributed by atoms with E-state index in [0.29, 0.717) is 0 Å². The first-order valence-electron chi connectivity index (χ1n) is 6.10. The topological polar surface area (TPSA) is 101 Å². The number of nitrogens with zero attached hydrogens (tertiary/aromatic N) is 2. The second-order valence-electron chi connectivity index (χ2n) is 4.23. The molecule has 0 atom stereocenters. The zero-order valence-corrected chi connectivity index (χ0v) is 12.1. The summed E-state index contributed by atoms with van der Waals surface area (Å²) in [5, 5.41) is 2.37. The third kappa shape index (κ3) is 4.07. The van der Waals surface area contributed by atoms with Crippen molar-refractivity contribution < 1.29 is 13.2 Å². The normalized spacial score (nSPS) is 11.1. The van der Waals surface area contributed by atoms with Gasteiger partial charge in [-0.05, 0) is 5.56 Å². The highest BCUT2D eigenvalue weighted by Crippen LogP contribution is 2.17.